The maximum atomic E-state index is 12.7. The smallest absolute Gasteiger partial charge is 0.756 e. The molecule has 0 spiro atoms. The molecule has 232 valence electrons. The summed E-state index contributed by atoms with van der Waals surface area (Å²) < 4.78 is 33.7. The molecule has 2 fully saturated rings. The zero-order chi connectivity index (χ0) is 30.9. The van der Waals surface area contributed by atoms with Gasteiger partial charge in [0, 0.05) is 19.5 Å². The normalized spacial score (nSPS) is 33.3. The van der Waals surface area contributed by atoms with E-state index in [9.17, 15) is 54.5 Å². The Labute approximate surface area is 288 Å². The molecule has 0 radical (unpaired) electrons. The summed E-state index contributed by atoms with van der Waals surface area (Å²) in [6, 6.07) is 0.0384. The number of phosphoric ester groups is 1. The van der Waals surface area contributed by atoms with Gasteiger partial charge in [0.25, 0.3) is 7.82 Å². The molecule has 1 aromatic heterocycles. The summed E-state index contributed by atoms with van der Waals surface area (Å²) in [7, 11) is -5.69. The maximum absolute atomic E-state index is 12.7. The third-order valence-corrected chi connectivity index (χ3v) is 7.59. The minimum Gasteiger partial charge on any atom is -0.756 e. The molecule has 22 heteroatoms. The molecule has 43 heavy (non-hydrogen) atoms. The molecule has 19 nitrogen and oxygen atoms in total. The molecule has 1 aromatic rings. The van der Waals surface area contributed by atoms with E-state index in [0.717, 1.165) is 17.7 Å². The number of nitrogens with one attached hydrogen (secondary N) is 1. The molecular weight excluding hydrogens is 625 g/mol. The second-order valence-corrected chi connectivity index (χ2v) is 11.0. The third-order valence-electron chi connectivity index (χ3n) is 6.60. The number of hydrogen-bond donors (Lipinski definition) is 7. The number of carboxylic acids is 1. The molecule has 3 rings (SSSR count). The van der Waals surface area contributed by atoms with Crippen molar-refractivity contribution in [1.29, 1.82) is 0 Å². The van der Waals surface area contributed by atoms with Gasteiger partial charge >= 0.3 is 64.8 Å². The fraction of sp³-hybridized carbons (Fsp3) is 0.714. The van der Waals surface area contributed by atoms with Gasteiger partial charge in [0.1, 0.15) is 48.4 Å². The van der Waals surface area contributed by atoms with Crippen LogP contribution in [0.4, 0.5) is 5.82 Å². The number of carbonyl (C=O) groups is 2. The van der Waals surface area contributed by atoms with Crippen LogP contribution in [0.3, 0.4) is 0 Å². The average molecular weight is 656 g/mol. The van der Waals surface area contributed by atoms with Crippen LogP contribution in [0, 0.1) is 5.92 Å². The van der Waals surface area contributed by atoms with Crippen LogP contribution in [-0.2, 0) is 32.7 Å². The number of aliphatic hydroxyl groups excluding tert-OH is 5. The van der Waals surface area contributed by atoms with Gasteiger partial charge in [-0.05, 0) is 12.0 Å². The Morgan fingerprint density at radius 2 is 1.95 bits per heavy atom. The summed E-state index contributed by atoms with van der Waals surface area (Å²) in [5.41, 5.74) is 4.47. The minimum absolute atomic E-state index is 0. The number of rotatable bonds is 11. The number of nitrogen functional groups attached to an aromatic ring is 1. The van der Waals surface area contributed by atoms with E-state index in [-0.39, 0.29) is 64.9 Å². The average Bonchev–Trinajstić information content (AvgIpc) is 3.16. The zero-order valence-corrected chi connectivity index (χ0v) is 28.6. The molecule has 2 aliphatic rings. The molecule has 2 saturated heterocycles. The summed E-state index contributed by atoms with van der Waals surface area (Å²) in [6.45, 7) is 0.440. The van der Waals surface area contributed by atoms with Crippen LogP contribution in [0.5, 0.6) is 0 Å². The van der Waals surface area contributed by atoms with Gasteiger partial charge in [0.15, 0.2) is 6.23 Å². The van der Waals surface area contributed by atoms with Gasteiger partial charge in [-0.25, -0.2) is 4.79 Å². The van der Waals surface area contributed by atoms with Crippen molar-refractivity contribution in [3.63, 3.8) is 0 Å². The predicted octanol–water partition coefficient (Wildman–Crippen LogP) is -12.0. The van der Waals surface area contributed by atoms with Crippen molar-refractivity contribution < 1.29 is 127 Å². The van der Waals surface area contributed by atoms with E-state index >= 15 is 0 Å². The first-order valence-electron chi connectivity index (χ1n) is 12.2. The Hall–Kier alpha value is -0.550. The summed E-state index contributed by atoms with van der Waals surface area (Å²) in [5.74, 6) is -7.09. The fourth-order valence-electron chi connectivity index (χ4n) is 4.60. The Morgan fingerprint density at radius 3 is 2.49 bits per heavy atom. The van der Waals surface area contributed by atoms with Crippen molar-refractivity contribution >= 4 is 25.5 Å². The number of carboxylic acid groups (broad SMARTS) is 1. The van der Waals surface area contributed by atoms with Gasteiger partial charge in [-0.2, -0.15) is 4.98 Å². The molecule has 9 unspecified atom stereocenters. The molecule has 0 saturated carbocycles. The van der Waals surface area contributed by atoms with E-state index in [0.29, 0.717) is 0 Å². The van der Waals surface area contributed by atoms with E-state index in [1.807, 2.05) is 0 Å². The number of amides is 1. The number of ether oxygens (including phenoxy) is 2. The minimum atomic E-state index is -5.69. The maximum Gasteiger partial charge on any atom is 1.00 e. The summed E-state index contributed by atoms with van der Waals surface area (Å²) in [5, 5.41) is 64.8. The summed E-state index contributed by atoms with van der Waals surface area (Å²) >= 11 is 0. The van der Waals surface area contributed by atoms with Crippen LogP contribution in [0.25, 0.3) is 0 Å². The van der Waals surface area contributed by atoms with Crippen LogP contribution < -0.4 is 85.9 Å². The monoisotopic (exact) mass is 656 g/mol. The standard InChI is InChI=1S/C21H33N4O15P.2Na/c1-8-5-21(19(32)33,39-17(13(8)23-9(2)27)14(29)10(28)6-26)40-41(35,36)37-7-11-15(30)16(31)18(38-11)25-4-3-12(22)24-20(25)34;;/h3-4,8,10-11,13-18,26,28-31H,5-7H2,1-2H3,(H,23,27)(H,32,33)(H,35,36)(H2,22,24,34);;/q;2*+1/p-2/t8?,10-,11?,13?,14-,15?,16?,17?,18?,21?;;/m1../s1. The molecule has 8 N–H and O–H groups in total. The van der Waals surface area contributed by atoms with Crippen LogP contribution >= 0.6 is 7.82 Å². The first-order valence-corrected chi connectivity index (χ1v) is 13.6. The Bertz CT molecular complexity index is 1230. The number of aliphatic hydroxyl groups is 5. The van der Waals surface area contributed by atoms with Crippen molar-refractivity contribution in [2.24, 2.45) is 5.92 Å². The summed E-state index contributed by atoms with van der Waals surface area (Å²) in [6.07, 6.45) is -12.0. The topological polar surface area (TPSA) is 308 Å². The molecule has 11 atom stereocenters. The molecule has 0 bridgehead atoms. The van der Waals surface area contributed by atoms with Crippen molar-refractivity contribution in [1.82, 2.24) is 14.9 Å². The number of anilines is 1. The third kappa shape index (κ3) is 9.49. The Balaban J connectivity index is 0.00000462. The summed E-state index contributed by atoms with van der Waals surface area (Å²) in [4.78, 5) is 52.1. The quantitative estimate of drug-likeness (QED) is 0.0859. The number of phosphoric acid groups is 1. The van der Waals surface area contributed by atoms with E-state index in [1.165, 1.54) is 13.0 Å². The van der Waals surface area contributed by atoms with Crippen molar-refractivity contribution in [2.75, 3.05) is 18.9 Å². The van der Waals surface area contributed by atoms with Crippen LogP contribution in [0.2, 0.25) is 0 Å². The largest absolute Gasteiger partial charge is 1.00 e. The molecule has 1 amide bonds. The molecule has 0 aromatic carbocycles. The fourth-order valence-corrected chi connectivity index (χ4v) is 5.54. The van der Waals surface area contributed by atoms with Gasteiger partial charge in [-0.3, -0.25) is 18.5 Å². The Morgan fingerprint density at radius 1 is 1.33 bits per heavy atom. The number of hydrogen-bond acceptors (Lipinski definition) is 17. The van der Waals surface area contributed by atoms with E-state index in [2.05, 4.69) is 10.3 Å². The molecule has 3 heterocycles. The van der Waals surface area contributed by atoms with Gasteiger partial charge < -0.3 is 65.4 Å². The number of aromatic nitrogens is 2. The number of nitrogens with zero attached hydrogens (tertiary/aromatic N) is 2. The van der Waals surface area contributed by atoms with E-state index in [4.69, 9.17) is 24.3 Å². The van der Waals surface area contributed by atoms with E-state index in [1.54, 1.807) is 0 Å². The SMILES string of the molecule is CC(=O)NC1C(C)CC(OP(=O)([O-])OCC2OC(n3ccc(N)nc3=O)C(O)C2O)(C(=O)[O-])OC1[C@H](O)[C@H](O)CO.[Na+].[Na+]. The Kier molecular flexibility index (Phi) is 15.4. The van der Waals surface area contributed by atoms with Gasteiger partial charge in [0.05, 0.1) is 19.3 Å². The van der Waals surface area contributed by atoms with Crippen LogP contribution in [0.1, 0.15) is 26.5 Å². The second-order valence-electron chi connectivity index (χ2n) is 9.69. The van der Waals surface area contributed by atoms with Crippen LogP contribution in [0.15, 0.2) is 17.1 Å². The predicted molar refractivity (Wildman–Crippen MR) is 127 cm³/mol. The first kappa shape index (κ1) is 40.5. The number of nitrogens with two attached hydrogens (primary N) is 1. The van der Waals surface area contributed by atoms with Gasteiger partial charge in [-0.15, -0.1) is 0 Å². The van der Waals surface area contributed by atoms with Crippen LogP contribution in [-0.4, -0.2) is 109 Å². The van der Waals surface area contributed by atoms with E-state index < -0.39 is 106 Å². The molecule has 0 aliphatic carbocycles. The van der Waals surface area contributed by atoms with Crippen molar-refractivity contribution in [2.45, 2.75) is 74.9 Å². The second kappa shape index (κ2) is 16.3. The number of carbonyl (C=O) groups excluding carboxylic acids is 2. The van der Waals surface area contributed by atoms with Gasteiger partial charge in [0.2, 0.25) is 11.7 Å². The van der Waals surface area contributed by atoms with Gasteiger partial charge in [-0.1, -0.05) is 6.92 Å². The van der Waals surface area contributed by atoms with Crippen molar-refractivity contribution in [3.8, 4) is 0 Å². The van der Waals surface area contributed by atoms with Crippen molar-refractivity contribution in [3.05, 3.63) is 22.7 Å². The number of aliphatic carboxylic acids is 1. The molecule has 2 aliphatic heterocycles. The zero-order valence-electron chi connectivity index (χ0n) is 23.7. The first-order chi connectivity index (χ1) is 19.0. The molecular formula is C21H31N4Na2O15P.